The molecule has 0 aromatic rings. The average Bonchev–Trinajstić information content (AvgIpc) is 3.19. The minimum absolute atomic E-state index is 0.185. The summed E-state index contributed by atoms with van der Waals surface area (Å²) in [5.41, 5.74) is 0. The number of ether oxygens (including phenoxy) is 1. The molecule has 0 bridgehead atoms. The summed E-state index contributed by atoms with van der Waals surface area (Å²) < 4.78 is 5.66. The van der Waals surface area contributed by atoms with Crippen LogP contribution in [0.25, 0.3) is 0 Å². The van der Waals surface area contributed by atoms with Crippen LogP contribution in [0.15, 0.2) is 0 Å². The fourth-order valence-electron chi connectivity index (χ4n) is 3.01. The number of carboxylic acids is 1. The Morgan fingerprint density at radius 3 is 2.63 bits per heavy atom. The van der Waals surface area contributed by atoms with Crippen LogP contribution in [0, 0.1) is 11.8 Å². The van der Waals surface area contributed by atoms with Crippen LogP contribution in [0.1, 0.15) is 44.9 Å². The minimum atomic E-state index is -0.627. The lowest BCUT2D eigenvalue weighted by Crippen LogP contribution is -2.42. The van der Waals surface area contributed by atoms with Crippen LogP contribution in [0.2, 0.25) is 0 Å². The van der Waals surface area contributed by atoms with Gasteiger partial charge in [0.15, 0.2) is 0 Å². The first-order valence-electron chi connectivity index (χ1n) is 7.69. The summed E-state index contributed by atoms with van der Waals surface area (Å²) in [6.07, 6.45) is 7.86. The number of aliphatic carboxylic acids is 1. The summed E-state index contributed by atoms with van der Waals surface area (Å²) in [5.74, 6) is -0.0245. The molecule has 0 amide bonds. The zero-order chi connectivity index (χ0) is 13.7. The molecule has 4 heteroatoms. The van der Waals surface area contributed by atoms with E-state index in [0.29, 0.717) is 0 Å². The molecule has 2 atom stereocenters. The maximum Gasteiger partial charge on any atom is 0.308 e. The summed E-state index contributed by atoms with van der Waals surface area (Å²) in [5, 5.41) is 9.38. The van der Waals surface area contributed by atoms with E-state index in [2.05, 4.69) is 4.90 Å². The molecule has 2 saturated carbocycles. The highest BCUT2D eigenvalue weighted by molar-refractivity contribution is 5.70. The SMILES string of the molecule is CN(CCOCC1CC1)C1CCCCCC1C(=O)O. The molecule has 19 heavy (non-hydrogen) atoms. The van der Waals surface area contributed by atoms with E-state index in [1.165, 1.54) is 19.3 Å². The van der Waals surface area contributed by atoms with Gasteiger partial charge in [-0.1, -0.05) is 19.3 Å². The number of rotatable bonds is 7. The monoisotopic (exact) mass is 269 g/mol. The Bertz CT molecular complexity index is 291. The van der Waals surface area contributed by atoms with Gasteiger partial charge < -0.3 is 14.7 Å². The number of hydrogen-bond acceptors (Lipinski definition) is 3. The summed E-state index contributed by atoms with van der Waals surface area (Å²) in [4.78, 5) is 13.6. The Kier molecular flexibility index (Phi) is 5.64. The third kappa shape index (κ3) is 4.77. The molecule has 0 radical (unpaired) electrons. The summed E-state index contributed by atoms with van der Waals surface area (Å²) in [6, 6.07) is 0.185. The Hall–Kier alpha value is -0.610. The second kappa shape index (κ2) is 7.25. The first kappa shape index (κ1) is 14.8. The highest BCUT2D eigenvalue weighted by Crippen LogP contribution is 2.29. The third-order valence-corrected chi connectivity index (χ3v) is 4.50. The summed E-state index contributed by atoms with van der Waals surface area (Å²) in [7, 11) is 2.05. The molecule has 110 valence electrons. The lowest BCUT2D eigenvalue weighted by Gasteiger charge is -2.31. The quantitative estimate of drug-likeness (QED) is 0.569. The number of carbonyl (C=O) groups is 1. The molecule has 2 rings (SSSR count). The smallest absolute Gasteiger partial charge is 0.308 e. The predicted molar refractivity (Wildman–Crippen MR) is 74.2 cm³/mol. The first-order chi connectivity index (χ1) is 9.18. The van der Waals surface area contributed by atoms with Crippen LogP contribution < -0.4 is 0 Å². The fourth-order valence-corrected chi connectivity index (χ4v) is 3.01. The standard InChI is InChI=1S/C15H27NO3/c1-16(9-10-19-11-12-7-8-12)14-6-4-2-3-5-13(14)15(17)18/h12-14H,2-11H2,1H3,(H,17,18). The van der Waals surface area contributed by atoms with Crippen molar-refractivity contribution in [2.24, 2.45) is 11.8 Å². The molecule has 0 saturated heterocycles. The van der Waals surface area contributed by atoms with E-state index < -0.39 is 5.97 Å². The molecule has 0 heterocycles. The Balaban J connectivity index is 1.75. The predicted octanol–water partition coefficient (Wildman–Crippen LogP) is 2.38. The Labute approximate surface area is 116 Å². The summed E-state index contributed by atoms with van der Waals surface area (Å²) >= 11 is 0. The lowest BCUT2D eigenvalue weighted by molar-refractivity contribution is -0.144. The van der Waals surface area contributed by atoms with Crippen LogP contribution in [0.4, 0.5) is 0 Å². The van der Waals surface area contributed by atoms with Gasteiger partial charge in [0.25, 0.3) is 0 Å². The average molecular weight is 269 g/mol. The normalized spacial score (nSPS) is 28.3. The maximum absolute atomic E-state index is 11.4. The molecule has 0 aromatic heterocycles. The van der Waals surface area contributed by atoms with Crippen molar-refractivity contribution in [2.45, 2.75) is 51.0 Å². The van der Waals surface area contributed by atoms with Crippen molar-refractivity contribution in [3.8, 4) is 0 Å². The molecule has 2 aliphatic rings. The van der Waals surface area contributed by atoms with Crippen LogP contribution in [0.5, 0.6) is 0 Å². The highest BCUT2D eigenvalue weighted by atomic mass is 16.5. The molecule has 1 N–H and O–H groups in total. The van der Waals surface area contributed by atoms with Gasteiger partial charge in [-0.2, -0.15) is 0 Å². The second-order valence-electron chi connectivity index (χ2n) is 6.15. The molecule has 2 unspecified atom stereocenters. The molecule has 2 aliphatic carbocycles. The zero-order valence-electron chi connectivity index (χ0n) is 12.0. The Morgan fingerprint density at radius 2 is 1.95 bits per heavy atom. The maximum atomic E-state index is 11.4. The van der Waals surface area contributed by atoms with E-state index in [4.69, 9.17) is 4.74 Å². The van der Waals surface area contributed by atoms with Crippen LogP contribution in [0.3, 0.4) is 0 Å². The molecule has 4 nitrogen and oxygen atoms in total. The number of nitrogens with zero attached hydrogens (tertiary/aromatic N) is 1. The van der Waals surface area contributed by atoms with Crippen molar-refractivity contribution < 1.29 is 14.6 Å². The van der Waals surface area contributed by atoms with Gasteiger partial charge in [0.05, 0.1) is 12.5 Å². The van der Waals surface area contributed by atoms with Crippen LogP contribution >= 0.6 is 0 Å². The van der Waals surface area contributed by atoms with Gasteiger partial charge in [-0.25, -0.2) is 0 Å². The van der Waals surface area contributed by atoms with E-state index >= 15 is 0 Å². The van der Waals surface area contributed by atoms with Gasteiger partial charge in [0, 0.05) is 19.2 Å². The van der Waals surface area contributed by atoms with Gasteiger partial charge in [-0.05, 0) is 38.6 Å². The summed E-state index contributed by atoms with van der Waals surface area (Å²) in [6.45, 7) is 2.47. The van der Waals surface area contributed by atoms with Crippen LogP contribution in [-0.2, 0) is 9.53 Å². The van der Waals surface area contributed by atoms with Gasteiger partial charge in [0.1, 0.15) is 0 Å². The largest absolute Gasteiger partial charge is 0.481 e. The van der Waals surface area contributed by atoms with E-state index in [0.717, 1.165) is 51.4 Å². The highest BCUT2D eigenvalue weighted by Gasteiger charge is 2.32. The molecular formula is C15H27NO3. The van der Waals surface area contributed by atoms with E-state index in [9.17, 15) is 9.90 Å². The molecule has 0 spiro atoms. The second-order valence-corrected chi connectivity index (χ2v) is 6.15. The van der Waals surface area contributed by atoms with Gasteiger partial charge in [0.2, 0.25) is 0 Å². The fraction of sp³-hybridized carbons (Fsp3) is 0.933. The van der Waals surface area contributed by atoms with Gasteiger partial charge in [-0.3, -0.25) is 4.79 Å². The van der Waals surface area contributed by atoms with Crippen molar-refractivity contribution in [1.82, 2.24) is 4.90 Å². The van der Waals surface area contributed by atoms with Crippen molar-refractivity contribution in [3.05, 3.63) is 0 Å². The molecular weight excluding hydrogens is 242 g/mol. The van der Waals surface area contributed by atoms with Crippen molar-refractivity contribution in [1.29, 1.82) is 0 Å². The van der Waals surface area contributed by atoms with Gasteiger partial charge in [-0.15, -0.1) is 0 Å². The zero-order valence-corrected chi connectivity index (χ0v) is 12.0. The van der Waals surface area contributed by atoms with Crippen molar-refractivity contribution in [3.63, 3.8) is 0 Å². The number of carboxylic acid groups (broad SMARTS) is 1. The number of hydrogen-bond donors (Lipinski definition) is 1. The molecule has 2 fully saturated rings. The third-order valence-electron chi connectivity index (χ3n) is 4.50. The van der Waals surface area contributed by atoms with Crippen molar-refractivity contribution >= 4 is 5.97 Å². The number of likely N-dealkylation sites (N-methyl/N-ethyl adjacent to an activating group) is 1. The van der Waals surface area contributed by atoms with Crippen molar-refractivity contribution in [2.75, 3.05) is 26.8 Å². The van der Waals surface area contributed by atoms with E-state index in [1.54, 1.807) is 0 Å². The van der Waals surface area contributed by atoms with Gasteiger partial charge >= 0.3 is 5.97 Å². The minimum Gasteiger partial charge on any atom is -0.481 e. The topological polar surface area (TPSA) is 49.8 Å². The lowest BCUT2D eigenvalue weighted by atomic mass is 9.94. The van der Waals surface area contributed by atoms with Crippen LogP contribution in [-0.4, -0.2) is 48.8 Å². The van der Waals surface area contributed by atoms with E-state index in [-0.39, 0.29) is 12.0 Å². The Morgan fingerprint density at radius 1 is 1.21 bits per heavy atom. The van der Waals surface area contributed by atoms with E-state index in [1.807, 2.05) is 7.05 Å². The molecule has 0 aromatic carbocycles. The molecule has 0 aliphatic heterocycles. The first-order valence-corrected chi connectivity index (χ1v) is 7.69.